The van der Waals surface area contributed by atoms with Crippen LogP contribution in [0.4, 0.5) is 0 Å². The second kappa shape index (κ2) is 54.7. The molecule has 67 heavy (non-hydrogen) atoms. The van der Waals surface area contributed by atoms with Crippen molar-refractivity contribution in [3.05, 3.63) is 109 Å². The monoisotopic (exact) mass is 929 g/mol. The summed E-state index contributed by atoms with van der Waals surface area (Å²) in [4.78, 5) is 38.0. The number of hydrogen-bond donors (Lipinski definition) is 0. The SMILES string of the molecule is CC/C=C\C/C=C\C/C=C\CCCCCCCC(=O)O[C@H](COC(=O)CC/C=C\C/C=C\C/C=C\C/C=C\C/C=C\CCCCC)COC(=O)CCCCCCC/C=C\CCCCCCCC. The first-order chi connectivity index (χ1) is 33.0. The third-order valence-electron chi connectivity index (χ3n) is 11.2. The van der Waals surface area contributed by atoms with Crippen LogP contribution >= 0.6 is 0 Å². The Morgan fingerprint density at radius 2 is 0.612 bits per heavy atom. The van der Waals surface area contributed by atoms with E-state index in [1.807, 2.05) is 6.08 Å². The molecule has 0 aliphatic carbocycles. The van der Waals surface area contributed by atoms with E-state index >= 15 is 0 Å². The Balaban J connectivity index is 4.55. The van der Waals surface area contributed by atoms with E-state index in [0.717, 1.165) is 116 Å². The lowest BCUT2D eigenvalue weighted by Gasteiger charge is -2.18. The number of carbonyl (C=O) groups excluding carboxylic acids is 3. The molecule has 0 aliphatic rings. The van der Waals surface area contributed by atoms with Gasteiger partial charge in [-0.05, 0) is 116 Å². The fourth-order valence-corrected chi connectivity index (χ4v) is 7.14. The Labute approximate surface area is 412 Å². The molecule has 1 atom stereocenters. The molecule has 0 bridgehead atoms. The summed E-state index contributed by atoms with van der Waals surface area (Å²) in [6, 6.07) is 0. The summed E-state index contributed by atoms with van der Waals surface area (Å²) < 4.78 is 16.7. The van der Waals surface area contributed by atoms with Gasteiger partial charge in [-0.15, -0.1) is 0 Å². The summed E-state index contributed by atoms with van der Waals surface area (Å²) in [5, 5.41) is 0. The summed E-state index contributed by atoms with van der Waals surface area (Å²) in [7, 11) is 0. The van der Waals surface area contributed by atoms with Crippen molar-refractivity contribution < 1.29 is 28.6 Å². The van der Waals surface area contributed by atoms with Crippen molar-refractivity contribution in [2.45, 2.75) is 245 Å². The minimum atomic E-state index is -0.822. The lowest BCUT2D eigenvalue weighted by Crippen LogP contribution is -2.30. The van der Waals surface area contributed by atoms with Crippen molar-refractivity contribution in [1.29, 1.82) is 0 Å². The van der Waals surface area contributed by atoms with Crippen molar-refractivity contribution in [1.82, 2.24) is 0 Å². The lowest BCUT2D eigenvalue weighted by molar-refractivity contribution is -0.166. The standard InChI is InChI=1S/C61H100O6/c1-4-7-10-13-16-19-22-25-28-29-30-31-34-36-39-42-45-48-51-54-60(63)66-57-58(67-61(64)55-52-49-46-43-40-37-33-27-24-21-18-15-12-9-6-3)56-65-59(62)53-50-47-44-41-38-35-32-26-23-20-17-14-11-8-5-2/h9,12,16,18-19,21,25-28,30-33,36,39,45,48,58H,4-8,10-11,13-15,17,20,22-24,29,34-35,37-38,40-44,46-47,49-57H2,1-3H3/b12-9-,19-16-,21-18-,28-25-,31-30-,32-26-,33-27-,39-36-,48-45-/t58-/m0/s1. The van der Waals surface area contributed by atoms with Gasteiger partial charge in [0.1, 0.15) is 13.2 Å². The molecule has 0 saturated heterocycles. The average molecular weight is 929 g/mol. The fourth-order valence-electron chi connectivity index (χ4n) is 7.14. The van der Waals surface area contributed by atoms with Crippen LogP contribution < -0.4 is 0 Å². The first-order valence-electron chi connectivity index (χ1n) is 27.4. The minimum Gasteiger partial charge on any atom is -0.462 e. The fraction of sp³-hybridized carbons (Fsp3) is 0.656. The zero-order valence-corrected chi connectivity index (χ0v) is 43.4. The third kappa shape index (κ3) is 52.9. The molecule has 0 N–H and O–H groups in total. The second-order valence-corrected chi connectivity index (χ2v) is 17.7. The molecule has 380 valence electrons. The summed E-state index contributed by atoms with van der Waals surface area (Å²) in [5.41, 5.74) is 0. The quantitative estimate of drug-likeness (QED) is 0.0262. The Hall–Kier alpha value is -3.93. The van der Waals surface area contributed by atoms with Gasteiger partial charge >= 0.3 is 17.9 Å². The Morgan fingerprint density at radius 1 is 0.313 bits per heavy atom. The maximum atomic E-state index is 12.8. The van der Waals surface area contributed by atoms with E-state index in [1.165, 1.54) is 77.0 Å². The molecular weight excluding hydrogens is 829 g/mol. The predicted molar refractivity (Wildman–Crippen MR) is 288 cm³/mol. The topological polar surface area (TPSA) is 78.9 Å². The number of unbranched alkanes of at least 4 members (excludes halogenated alkanes) is 19. The largest absolute Gasteiger partial charge is 0.462 e. The van der Waals surface area contributed by atoms with E-state index in [-0.39, 0.29) is 44.0 Å². The van der Waals surface area contributed by atoms with Crippen LogP contribution in [-0.4, -0.2) is 37.2 Å². The predicted octanol–water partition coefficient (Wildman–Crippen LogP) is 18.3. The van der Waals surface area contributed by atoms with Crippen molar-refractivity contribution in [2.24, 2.45) is 0 Å². The minimum absolute atomic E-state index is 0.114. The zero-order valence-electron chi connectivity index (χ0n) is 43.4. The van der Waals surface area contributed by atoms with Crippen molar-refractivity contribution in [2.75, 3.05) is 13.2 Å². The van der Waals surface area contributed by atoms with E-state index < -0.39 is 6.10 Å². The van der Waals surface area contributed by atoms with Gasteiger partial charge in [-0.25, -0.2) is 0 Å². The van der Waals surface area contributed by atoms with Crippen molar-refractivity contribution in [3.63, 3.8) is 0 Å². The number of ether oxygens (including phenoxy) is 3. The van der Waals surface area contributed by atoms with Gasteiger partial charge in [0.2, 0.25) is 0 Å². The van der Waals surface area contributed by atoms with Crippen LogP contribution in [0.25, 0.3) is 0 Å². The molecule has 0 radical (unpaired) electrons. The summed E-state index contributed by atoms with van der Waals surface area (Å²) >= 11 is 0. The molecule has 0 aromatic carbocycles. The van der Waals surface area contributed by atoms with Crippen molar-refractivity contribution in [3.8, 4) is 0 Å². The maximum absolute atomic E-state index is 12.8. The van der Waals surface area contributed by atoms with E-state index in [1.54, 1.807) is 0 Å². The molecule has 6 heteroatoms. The molecule has 0 unspecified atom stereocenters. The highest BCUT2D eigenvalue weighted by atomic mass is 16.6. The molecule has 0 rings (SSSR count). The smallest absolute Gasteiger partial charge is 0.306 e. The van der Waals surface area contributed by atoms with Crippen LogP contribution in [0.2, 0.25) is 0 Å². The summed E-state index contributed by atoms with van der Waals surface area (Å²) in [6.07, 6.45) is 73.7. The Kier molecular flexibility index (Phi) is 51.5. The normalized spacial score (nSPS) is 12.9. The van der Waals surface area contributed by atoms with E-state index in [2.05, 4.69) is 124 Å². The van der Waals surface area contributed by atoms with Gasteiger partial charge in [-0.1, -0.05) is 214 Å². The highest BCUT2D eigenvalue weighted by Crippen LogP contribution is 2.13. The molecule has 0 fully saturated rings. The number of hydrogen-bond acceptors (Lipinski definition) is 6. The number of rotatable bonds is 48. The molecule has 0 aromatic heterocycles. The molecule has 6 nitrogen and oxygen atoms in total. The summed E-state index contributed by atoms with van der Waals surface area (Å²) in [6.45, 7) is 6.40. The molecule has 0 aromatic rings. The van der Waals surface area contributed by atoms with Gasteiger partial charge in [-0.2, -0.15) is 0 Å². The van der Waals surface area contributed by atoms with Crippen LogP contribution in [0.3, 0.4) is 0 Å². The van der Waals surface area contributed by atoms with Crippen LogP contribution in [0.5, 0.6) is 0 Å². The van der Waals surface area contributed by atoms with Crippen LogP contribution in [0.15, 0.2) is 109 Å². The molecule has 0 saturated carbocycles. The zero-order chi connectivity index (χ0) is 48.6. The van der Waals surface area contributed by atoms with Gasteiger partial charge in [0, 0.05) is 19.3 Å². The first kappa shape index (κ1) is 63.1. The van der Waals surface area contributed by atoms with Gasteiger partial charge < -0.3 is 14.2 Å². The number of esters is 3. The second-order valence-electron chi connectivity index (χ2n) is 17.7. The molecule has 0 amide bonds. The third-order valence-corrected chi connectivity index (χ3v) is 11.2. The van der Waals surface area contributed by atoms with Crippen LogP contribution in [-0.2, 0) is 28.6 Å². The van der Waals surface area contributed by atoms with Gasteiger partial charge in [-0.3, -0.25) is 14.4 Å². The van der Waals surface area contributed by atoms with Gasteiger partial charge in [0.25, 0.3) is 0 Å². The van der Waals surface area contributed by atoms with E-state index in [4.69, 9.17) is 14.2 Å². The number of allylic oxidation sites excluding steroid dienone is 18. The van der Waals surface area contributed by atoms with Gasteiger partial charge in [0.05, 0.1) is 0 Å². The highest BCUT2D eigenvalue weighted by Gasteiger charge is 2.19. The van der Waals surface area contributed by atoms with E-state index in [0.29, 0.717) is 12.8 Å². The van der Waals surface area contributed by atoms with Crippen LogP contribution in [0.1, 0.15) is 239 Å². The van der Waals surface area contributed by atoms with E-state index in [9.17, 15) is 14.4 Å². The van der Waals surface area contributed by atoms with Gasteiger partial charge in [0.15, 0.2) is 6.10 Å². The average Bonchev–Trinajstić information content (AvgIpc) is 3.33. The molecule has 0 aliphatic heterocycles. The summed E-state index contributed by atoms with van der Waals surface area (Å²) in [5.74, 6) is -1.03. The molecule has 0 heterocycles. The Bertz CT molecular complexity index is 1390. The van der Waals surface area contributed by atoms with Crippen LogP contribution in [0, 0.1) is 0 Å². The molecule has 0 spiro atoms. The Morgan fingerprint density at radius 3 is 1.04 bits per heavy atom. The molecular formula is C61H100O6. The number of carbonyl (C=O) groups is 3. The lowest BCUT2D eigenvalue weighted by atomic mass is 10.1. The first-order valence-corrected chi connectivity index (χ1v) is 27.4. The van der Waals surface area contributed by atoms with Crippen molar-refractivity contribution >= 4 is 17.9 Å². The highest BCUT2D eigenvalue weighted by molar-refractivity contribution is 5.71. The maximum Gasteiger partial charge on any atom is 0.306 e.